The largest absolute Gasteiger partial charge is 0.477 e. The summed E-state index contributed by atoms with van der Waals surface area (Å²) in [5.41, 5.74) is 0.514. The number of aromatic carboxylic acids is 1. The number of rotatable bonds is 7. The maximum absolute atomic E-state index is 12.8. The molecule has 3 aromatic heterocycles. The highest BCUT2D eigenvalue weighted by Crippen LogP contribution is 2.31. The van der Waals surface area contributed by atoms with Gasteiger partial charge in [-0.2, -0.15) is 0 Å². The lowest BCUT2D eigenvalue weighted by molar-refractivity contribution is 0.0540. The number of carboxylic acid groups (broad SMARTS) is 1. The van der Waals surface area contributed by atoms with Crippen LogP contribution < -0.4 is 15.5 Å². The molecule has 0 aliphatic carbocycles. The van der Waals surface area contributed by atoms with Gasteiger partial charge in [0.1, 0.15) is 16.8 Å². The number of aromatic amines is 1. The summed E-state index contributed by atoms with van der Waals surface area (Å²) in [4.78, 5) is 45.8. The van der Waals surface area contributed by atoms with Gasteiger partial charge in [0.2, 0.25) is 0 Å². The zero-order chi connectivity index (χ0) is 25.3. The van der Waals surface area contributed by atoms with Crippen LogP contribution in [0.1, 0.15) is 42.8 Å². The molecule has 12 nitrogen and oxygen atoms in total. The van der Waals surface area contributed by atoms with Crippen LogP contribution >= 0.6 is 34.5 Å². The molecule has 4 heterocycles. The van der Waals surface area contributed by atoms with Crippen LogP contribution in [0.25, 0.3) is 0 Å². The molecule has 0 bridgehead atoms. The zero-order valence-electron chi connectivity index (χ0n) is 18.4. The Morgan fingerprint density at radius 1 is 1.31 bits per heavy atom. The lowest BCUT2D eigenvalue weighted by Crippen LogP contribution is -2.55. The fourth-order valence-corrected chi connectivity index (χ4v) is 5.01. The summed E-state index contributed by atoms with van der Waals surface area (Å²) in [7, 11) is 1.51. The molecular weight excluding hydrogens is 523 g/mol. The van der Waals surface area contributed by atoms with E-state index in [1.165, 1.54) is 19.4 Å². The highest BCUT2D eigenvalue weighted by Gasteiger charge is 2.34. The molecular formula is C20H20Cl2N6O6S. The topological polar surface area (TPSA) is 163 Å². The average molecular weight is 543 g/mol. The van der Waals surface area contributed by atoms with Crippen molar-refractivity contribution in [3.8, 4) is 0 Å². The molecule has 35 heavy (non-hydrogen) atoms. The SMILES string of the molecule is COC1CN(c2nc(C(=O)Nc3ccon3)c(C(=O)O)s2)CCC1NC(=O)c1[nH]c(C)c(Cl)c1Cl. The molecule has 4 rings (SSSR count). The quantitative estimate of drug-likeness (QED) is 0.351. The fourth-order valence-electron chi connectivity index (χ4n) is 3.66. The van der Waals surface area contributed by atoms with Crippen molar-refractivity contribution in [3.63, 3.8) is 0 Å². The number of nitrogens with zero attached hydrogens (tertiary/aromatic N) is 3. The Labute approximate surface area is 212 Å². The number of halogens is 2. The molecule has 3 aromatic rings. The van der Waals surface area contributed by atoms with E-state index in [0.717, 1.165) is 11.3 Å². The number of piperidine rings is 1. The second-order valence-corrected chi connectivity index (χ2v) is 9.39. The Hall–Kier alpha value is -3.13. The Morgan fingerprint density at radius 3 is 2.69 bits per heavy atom. The number of H-pyrrole nitrogens is 1. The molecule has 1 fully saturated rings. The summed E-state index contributed by atoms with van der Waals surface area (Å²) in [6.07, 6.45) is 1.30. The number of hydrogen-bond acceptors (Lipinski definition) is 9. The van der Waals surface area contributed by atoms with E-state index in [-0.39, 0.29) is 38.2 Å². The Morgan fingerprint density at radius 2 is 2.09 bits per heavy atom. The van der Waals surface area contributed by atoms with E-state index in [1.807, 2.05) is 4.90 Å². The van der Waals surface area contributed by atoms with E-state index >= 15 is 0 Å². The summed E-state index contributed by atoms with van der Waals surface area (Å²) in [6.45, 7) is 2.44. The van der Waals surface area contributed by atoms with Crippen LogP contribution in [0.3, 0.4) is 0 Å². The number of ether oxygens (including phenoxy) is 1. The average Bonchev–Trinajstić information content (AvgIpc) is 3.56. The molecule has 1 aliphatic rings. The maximum atomic E-state index is 12.8. The van der Waals surface area contributed by atoms with Crippen LogP contribution in [0, 0.1) is 6.92 Å². The molecule has 0 saturated carbocycles. The van der Waals surface area contributed by atoms with Gasteiger partial charge in [-0.15, -0.1) is 0 Å². The number of nitrogens with one attached hydrogen (secondary N) is 3. The van der Waals surface area contributed by atoms with Crippen molar-refractivity contribution < 1.29 is 28.8 Å². The Balaban J connectivity index is 1.48. The molecule has 186 valence electrons. The van der Waals surface area contributed by atoms with Gasteiger partial charge in [-0.3, -0.25) is 9.59 Å². The highest BCUT2D eigenvalue weighted by atomic mass is 35.5. The number of aromatic nitrogens is 3. The van der Waals surface area contributed by atoms with Crippen molar-refractivity contribution in [2.24, 2.45) is 0 Å². The first-order valence-corrected chi connectivity index (χ1v) is 11.8. The third-order valence-corrected chi connectivity index (χ3v) is 7.49. The van der Waals surface area contributed by atoms with Gasteiger partial charge >= 0.3 is 5.97 Å². The molecule has 1 aliphatic heterocycles. The summed E-state index contributed by atoms with van der Waals surface area (Å²) in [6, 6.07) is 1.07. The molecule has 15 heteroatoms. The lowest BCUT2D eigenvalue weighted by atomic mass is 10.0. The number of amides is 2. The first-order valence-electron chi connectivity index (χ1n) is 10.3. The normalized spacial score (nSPS) is 17.9. The maximum Gasteiger partial charge on any atom is 0.348 e. The van der Waals surface area contributed by atoms with E-state index in [9.17, 15) is 19.5 Å². The number of hydrogen-bond donors (Lipinski definition) is 4. The summed E-state index contributed by atoms with van der Waals surface area (Å²) >= 11 is 13.1. The number of aryl methyl sites for hydroxylation is 1. The first kappa shape index (κ1) is 25.0. The van der Waals surface area contributed by atoms with Gasteiger partial charge in [0.25, 0.3) is 11.8 Å². The van der Waals surface area contributed by atoms with E-state index in [4.69, 9.17) is 27.9 Å². The van der Waals surface area contributed by atoms with Crippen LogP contribution in [-0.2, 0) is 4.74 Å². The summed E-state index contributed by atoms with van der Waals surface area (Å²) < 4.78 is 10.3. The highest BCUT2D eigenvalue weighted by molar-refractivity contribution is 7.17. The van der Waals surface area contributed by atoms with Crippen LogP contribution in [0.4, 0.5) is 10.9 Å². The van der Waals surface area contributed by atoms with Crippen molar-refractivity contribution in [2.45, 2.75) is 25.5 Å². The van der Waals surface area contributed by atoms with E-state index in [1.54, 1.807) is 6.92 Å². The smallest absolute Gasteiger partial charge is 0.348 e. The Kier molecular flexibility index (Phi) is 7.31. The lowest BCUT2D eigenvalue weighted by Gasteiger charge is -2.37. The van der Waals surface area contributed by atoms with Gasteiger partial charge in [-0.25, -0.2) is 9.78 Å². The summed E-state index contributed by atoms with van der Waals surface area (Å²) in [5, 5.41) is 19.3. The van der Waals surface area contributed by atoms with Crippen molar-refractivity contribution in [1.82, 2.24) is 20.4 Å². The molecule has 2 amide bonds. The zero-order valence-corrected chi connectivity index (χ0v) is 20.8. The van der Waals surface area contributed by atoms with Crippen molar-refractivity contribution >= 4 is 63.3 Å². The Bertz CT molecular complexity index is 1260. The van der Waals surface area contributed by atoms with Gasteiger partial charge in [-0.05, 0) is 13.3 Å². The third kappa shape index (κ3) is 5.12. The molecule has 0 aromatic carbocycles. The predicted octanol–water partition coefficient (Wildman–Crippen LogP) is 3.05. The number of carbonyl (C=O) groups is 3. The fraction of sp³-hybridized carbons (Fsp3) is 0.350. The minimum atomic E-state index is -1.28. The number of carboxylic acids is 1. The van der Waals surface area contributed by atoms with Crippen LogP contribution in [0.15, 0.2) is 16.9 Å². The van der Waals surface area contributed by atoms with E-state index < -0.39 is 23.9 Å². The van der Waals surface area contributed by atoms with Gasteiger partial charge in [-0.1, -0.05) is 39.7 Å². The molecule has 2 unspecified atom stereocenters. The number of methoxy groups -OCH3 is 1. The second kappa shape index (κ2) is 10.2. The number of thiazole rings is 1. The van der Waals surface area contributed by atoms with Gasteiger partial charge in [0.15, 0.2) is 16.6 Å². The molecule has 0 radical (unpaired) electrons. The molecule has 1 saturated heterocycles. The molecule has 0 spiro atoms. The van der Waals surface area contributed by atoms with Gasteiger partial charge in [0, 0.05) is 32.0 Å². The minimum Gasteiger partial charge on any atom is -0.477 e. The number of carbonyl (C=O) groups excluding carboxylic acids is 2. The molecule has 4 N–H and O–H groups in total. The predicted molar refractivity (Wildman–Crippen MR) is 128 cm³/mol. The summed E-state index contributed by atoms with van der Waals surface area (Å²) in [5.74, 6) is -2.28. The standard InChI is InChI=1S/C20H20Cl2N6O6S/c1-8-12(21)13(22)14(23-8)17(29)24-9-3-5-28(7-10(9)33-2)20-26-15(16(35-20)19(31)32)18(30)25-11-4-6-34-27-11/h4,6,9-10,23H,3,5,7H2,1-2H3,(H,24,29)(H,31,32)(H,25,27,30). The van der Waals surface area contributed by atoms with Crippen LogP contribution in [0.5, 0.6) is 0 Å². The first-order chi connectivity index (χ1) is 16.7. The minimum absolute atomic E-state index is 0.135. The monoisotopic (exact) mass is 542 g/mol. The third-order valence-electron chi connectivity index (χ3n) is 5.43. The van der Waals surface area contributed by atoms with Gasteiger partial charge in [0.05, 0.1) is 22.2 Å². The van der Waals surface area contributed by atoms with Crippen LogP contribution in [0.2, 0.25) is 10.0 Å². The van der Waals surface area contributed by atoms with Crippen molar-refractivity contribution in [3.05, 3.63) is 44.3 Å². The second-order valence-electron chi connectivity index (χ2n) is 7.66. The van der Waals surface area contributed by atoms with Crippen molar-refractivity contribution in [1.29, 1.82) is 0 Å². The van der Waals surface area contributed by atoms with E-state index in [2.05, 4.69) is 30.3 Å². The number of anilines is 2. The van der Waals surface area contributed by atoms with Gasteiger partial charge < -0.3 is 34.9 Å². The van der Waals surface area contributed by atoms with E-state index in [0.29, 0.717) is 30.3 Å². The van der Waals surface area contributed by atoms with Crippen molar-refractivity contribution in [2.75, 3.05) is 30.4 Å². The van der Waals surface area contributed by atoms with Crippen LogP contribution in [-0.4, -0.2) is 70.4 Å². The molecule has 2 atom stereocenters.